The lowest BCUT2D eigenvalue weighted by atomic mass is 9.78. The van der Waals surface area contributed by atoms with Crippen LogP contribution < -0.4 is 5.32 Å². The Bertz CT molecular complexity index is 1400. The highest BCUT2D eigenvalue weighted by molar-refractivity contribution is 7.98. The molecule has 1 aliphatic heterocycles. The van der Waals surface area contributed by atoms with Crippen LogP contribution in [-0.4, -0.2) is 50.0 Å². The zero-order valence-corrected chi connectivity index (χ0v) is 23.3. The van der Waals surface area contributed by atoms with Gasteiger partial charge in [-0.1, -0.05) is 24.6 Å². The van der Waals surface area contributed by atoms with Crippen LogP contribution >= 0.6 is 23.4 Å². The average Bonchev–Trinajstić information content (AvgIpc) is 3.14. The fourth-order valence-corrected chi connectivity index (χ4v) is 5.88. The Morgan fingerprint density at radius 3 is 2.26 bits per heavy atom. The number of nitrogens with zero attached hydrogens (tertiary/aromatic N) is 2. The first-order valence-corrected chi connectivity index (χ1v) is 15.0. The van der Waals surface area contributed by atoms with Crippen LogP contribution in [0.15, 0.2) is 46.4 Å². The number of urea groups is 1. The molecule has 15 heteroatoms. The van der Waals surface area contributed by atoms with E-state index in [-0.39, 0.29) is 17.8 Å². The van der Waals surface area contributed by atoms with Crippen molar-refractivity contribution in [1.29, 1.82) is 0 Å². The van der Waals surface area contributed by atoms with Crippen molar-refractivity contribution in [2.45, 2.75) is 37.0 Å². The molecular formula is C24H24ClF6N3O3S2. The molecule has 1 aliphatic rings. The summed E-state index contributed by atoms with van der Waals surface area (Å²) in [5, 5.41) is 7.18. The summed E-state index contributed by atoms with van der Waals surface area (Å²) in [6, 6.07) is 4.51. The number of nitrogens with one attached hydrogen (secondary N) is 1. The molecule has 0 radical (unpaired) electrons. The molecule has 1 unspecified atom stereocenters. The topological polar surface area (TPSA) is 78.8 Å². The van der Waals surface area contributed by atoms with Gasteiger partial charge in [-0.25, -0.2) is 18.2 Å². The first kappa shape index (κ1) is 31.1. The fourth-order valence-electron chi connectivity index (χ4n) is 4.23. The van der Waals surface area contributed by atoms with E-state index in [1.807, 2.05) is 6.26 Å². The second kappa shape index (κ2) is 11.2. The number of carbonyl (C=O) groups excluding carboxylic acids is 1. The molecule has 1 heterocycles. The molecule has 0 spiro atoms. The SMILES string of the molecule is CSCCCC1(C)CN(C(=O)Nc2ccc(C(F)(F)F)c(S(C)(=O)=O)c2)N=C1c1ccc(C(F)(F)F)c(Cl)c1. The number of hydrogen-bond acceptors (Lipinski definition) is 5. The minimum atomic E-state index is -4.93. The summed E-state index contributed by atoms with van der Waals surface area (Å²) >= 11 is 7.51. The number of rotatable bonds is 7. The Morgan fingerprint density at radius 2 is 1.72 bits per heavy atom. The van der Waals surface area contributed by atoms with E-state index in [1.54, 1.807) is 18.7 Å². The van der Waals surface area contributed by atoms with Crippen LogP contribution in [0.2, 0.25) is 5.02 Å². The van der Waals surface area contributed by atoms with E-state index in [0.717, 1.165) is 29.0 Å². The standard InChI is InChI=1S/C24H24ClF6N3O3S2/c1-22(9-4-10-38-2)13-34(33-20(22)14-5-7-16(18(25)11-14)23(26,27)28)21(35)32-15-6-8-17(24(29,30)31)19(12-15)39(3,36)37/h5-8,11-12H,4,9-10,13H2,1-3H3,(H,32,35). The highest BCUT2D eigenvalue weighted by atomic mass is 35.5. The lowest BCUT2D eigenvalue weighted by Gasteiger charge is -2.26. The third-order valence-electron chi connectivity index (χ3n) is 6.09. The number of amides is 2. The molecule has 0 aromatic heterocycles. The minimum Gasteiger partial charge on any atom is -0.306 e. The van der Waals surface area contributed by atoms with Gasteiger partial charge in [0.15, 0.2) is 9.84 Å². The summed E-state index contributed by atoms with van der Waals surface area (Å²) in [5.41, 5.74) is -2.78. The maximum atomic E-state index is 13.3. The second-order valence-electron chi connectivity index (χ2n) is 9.27. The fraction of sp³-hybridized carbons (Fsp3) is 0.417. The quantitative estimate of drug-likeness (QED) is 0.264. The molecule has 3 rings (SSSR count). The van der Waals surface area contributed by atoms with Gasteiger partial charge in [0.05, 0.1) is 33.3 Å². The van der Waals surface area contributed by atoms with Crippen molar-refractivity contribution in [3.8, 4) is 0 Å². The van der Waals surface area contributed by atoms with E-state index < -0.39 is 54.7 Å². The van der Waals surface area contributed by atoms with E-state index in [9.17, 15) is 39.6 Å². The molecule has 2 aromatic rings. The number of anilines is 1. The average molecular weight is 616 g/mol. The van der Waals surface area contributed by atoms with Gasteiger partial charge < -0.3 is 5.32 Å². The van der Waals surface area contributed by atoms with Crippen LogP contribution in [-0.2, 0) is 22.2 Å². The van der Waals surface area contributed by atoms with Crippen LogP contribution in [0.3, 0.4) is 0 Å². The number of halogens is 7. The first-order chi connectivity index (χ1) is 17.9. The molecular weight excluding hydrogens is 592 g/mol. The number of thioether (sulfide) groups is 1. The number of carbonyl (C=O) groups is 1. The largest absolute Gasteiger partial charge is 0.417 e. The van der Waals surface area contributed by atoms with Gasteiger partial charge in [-0.3, -0.25) is 0 Å². The summed E-state index contributed by atoms with van der Waals surface area (Å²) < 4.78 is 104. The van der Waals surface area contributed by atoms with Gasteiger partial charge in [-0.2, -0.15) is 43.2 Å². The summed E-state index contributed by atoms with van der Waals surface area (Å²) in [6.07, 6.45) is -5.83. The van der Waals surface area contributed by atoms with Crippen molar-refractivity contribution in [1.82, 2.24) is 5.01 Å². The molecule has 0 aliphatic carbocycles. The van der Waals surface area contributed by atoms with Crippen molar-refractivity contribution in [2.24, 2.45) is 10.5 Å². The van der Waals surface area contributed by atoms with Gasteiger partial charge in [-0.15, -0.1) is 0 Å². The Labute approximate surface area is 230 Å². The van der Waals surface area contributed by atoms with Gasteiger partial charge in [0.1, 0.15) is 0 Å². The van der Waals surface area contributed by atoms with Crippen LogP contribution in [0, 0.1) is 5.41 Å². The molecule has 0 saturated heterocycles. The van der Waals surface area contributed by atoms with Crippen molar-refractivity contribution >= 4 is 50.6 Å². The zero-order valence-electron chi connectivity index (χ0n) is 20.9. The predicted molar refractivity (Wildman–Crippen MR) is 139 cm³/mol. The maximum absolute atomic E-state index is 13.3. The normalized spacial score (nSPS) is 18.3. The van der Waals surface area contributed by atoms with E-state index in [4.69, 9.17) is 11.6 Å². The molecule has 0 bridgehead atoms. The van der Waals surface area contributed by atoms with Crippen LogP contribution in [0.5, 0.6) is 0 Å². The molecule has 2 aromatic carbocycles. The van der Waals surface area contributed by atoms with Gasteiger partial charge >= 0.3 is 18.4 Å². The van der Waals surface area contributed by atoms with Crippen LogP contribution in [0.4, 0.5) is 36.8 Å². The Balaban J connectivity index is 1.97. The zero-order chi connectivity index (χ0) is 29.4. The van der Waals surface area contributed by atoms with Crippen molar-refractivity contribution in [2.75, 3.05) is 30.1 Å². The van der Waals surface area contributed by atoms with Gasteiger partial charge in [0.25, 0.3) is 0 Å². The minimum absolute atomic E-state index is 0.0146. The molecule has 39 heavy (non-hydrogen) atoms. The first-order valence-electron chi connectivity index (χ1n) is 11.3. The Morgan fingerprint density at radius 1 is 1.10 bits per heavy atom. The third kappa shape index (κ3) is 7.20. The lowest BCUT2D eigenvalue weighted by molar-refractivity contribution is -0.140. The number of alkyl halides is 6. The maximum Gasteiger partial charge on any atom is 0.417 e. The molecule has 1 N–H and O–H groups in total. The smallest absolute Gasteiger partial charge is 0.306 e. The molecule has 0 saturated carbocycles. The summed E-state index contributed by atoms with van der Waals surface area (Å²) in [5.74, 6) is 0.780. The highest BCUT2D eigenvalue weighted by Crippen LogP contribution is 2.40. The summed E-state index contributed by atoms with van der Waals surface area (Å²) in [6.45, 7) is 1.81. The Hall–Kier alpha value is -2.45. The molecule has 0 fully saturated rings. The molecule has 214 valence electrons. The van der Waals surface area contributed by atoms with Crippen molar-refractivity contribution in [3.63, 3.8) is 0 Å². The monoisotopic (exact) mass is 615 g/mol. The molecule has 2 amide bonds. The number of hydrazone groups is 1. The number of hydrogen-bond donors (Lipinski definition) is 1. The Kier molecular flexibility index (Phi) is 8.93. The van der Waals surface area contributed by atoms with E-state index in [0.29, 0.717) is 36.9 Å². The number of sulfone groups is 1. The van der Waals surface area contributed by atoms with Gasteiger partial charge in [-0.05, 0) is 60.7 Å². The van der Waals surface area contributed by atoms with Gasteiger partial charge in [0.2, 0.25) is 0 Å². The second-order valence-corrected chi connectivity index (χ2v) is 12.6. The van der Waals surface area contributed by atoms with E-state index in [1.165, 1.54) is 6.07 Å². The highest BCUT2D eigenvalue weighted by Gasteiger charge is 2.42. The van der Waals surface area contributed by atoms with E-state index >= 15 is 0 Å². The van der Waals surface area contributed by atoms with E-state index in [2.05, 4.69) is 10.4 Å². The van der Waals surface area contributed by atoms with Crippen LogP contribution in [0.25, 0.3) is 0 Å². The van der Waals surface area contributed by atoms with Crippen molar-refractivity contribution in [3.05, 3.63) is 58.1 Å². The predicted octanol–water partition coefficient (Wildman–Crippen LogP) is 7.18. The summed E-state index contributed by atoms with van der Waals surface area (Å²) in [4.78, 5) is 12.1. The van der Waals surface area contributed by atoms with Gasteiger partial charge in [0, 0.05) is 17.4 Å². The molecule has 6 nitrogen and oxygen atoms in total. The number of benzene rings is 2. The lowest BCUT2D eigenvalue weighted by Crippen LogP contribution is -2.36. The summed E-state index contributed by atoms with van der Waals surface area (Å²) in [7, 11) is -4.30. The third-order valence-corrected chi connectivity index (χ3v) is 8.23. The van der Waals surface area contributed by atoms with Crippen molar-refractivity contribution < 1.29 is 39.6 Å². The molecule has 1 atom stereocenters. The van der Waals surface area contributed by atoms with Crippen LogP contribution in [0.1, 0.15) is 36.5 Å².